The average Bonchev–Trinajstić information content (AvgIpc) is 2.51. The zero-order valence-corrected chi connectivity index (χ0v) is 7.40. The number of carbonyl (C=O) groups is 2. The summed E-state index contributed by atoms with van der Waals surface area (Å²) in [6, 6.07) is 3.48. The van der Waals surface area contributed by atoms with Gasteiger partial charge in [0.2, 0.25) is 0 Å². The van der Waals surface area contributed by atoms with Crippen LogP contribution in [0.15, 0.2) is 18.3 Å². The van der Waals surface area contributed by atoms with Crippen molar-refractivity contribution in [2.24, 2.45) is 0 Å². The Morgan fingerprint density at radius 3 is 3.08 bits per heavy atom. The highest BCUT2D eigenvalue weighted by Gasteiger charge is 1.99. The Balaban J connectivity index is 2.44. The third-order valence-corrected chi connectivity index (χ3v) is 1.62. The van der Waals surface area contributed by atoms with Gasteiger partial charge in [0, 0.05) is 13.1 Å². The number of aromatic nitrogens is 1. The summed E-state index contributed by atoms with van der Waals surface area (Å²) in [4.78, 5) is 20.9. The molecule has 0 saturated heterocycles. The topological polar surface area (TPSA) is 48.3 Å². The van der Waals surface area contributed by atoms with Crippen LogP contribution in [0.5, 0.6) is 0 Å². The van der Waals surface area contributed by atoms with Crippen LogP contribution in [-0.2, 0) is 16.1 Å². The monoisotopic (exact) mass is 181 g/mol. The molecule has 0 fully saturated rings. The van der Waals surface area contributed by atoms with Gasteiger partial charge in [-0.05, 0) is 12.1 Å². The van der Waals surface area contributed by atoms with Crippen molar-refractivity contribution < 1.29 is 14.3 Å². The van der Waals surface area contributed by atoms with Crippen LogP contribution < -0.4 is 0 Å². The lowest BCUT2D eigenvalue weighted by Gasteiger charge is -2.04. The number of nitrogens with zero attached hydrogens (tertiary/aromatic N) is 1. The second-order valence-corrected chi connectivity index (χ2v) is 2.58. The lowest BCUT2D eigenvalue weighted by molar-refractivity contribution is -0.141. The fourth-order valence-electron chi connectivity index (χ4n) is 1.03. The molecule has 0 saturated carbocycles. The Morgan fingerprint density at radius 1 is 1.69 bits per heavy atom. The maximum absolute atomic E-state index is 10.5. The smallest absolute Gasteiger partial charge is 0.302 e. The number of aldehydes is 1. The molecular weight excluding hydrogens is 170 g/mol. The third-order valence-electron chi connectivity index (χ3n) is 1.62. The molecule has 1 aromatic rings. The predicted molar refractivity (Wildman–Crippen MR) is 46.5 cm³/mol. The van der Waals surface area contributed by atoms with Gasteiger partial charge in [0.05, 0.1) is 12.2 Å². The Morgan fingerprint density at radius 2 is 2.46 bits per heavy atom. The van der Waals surface area contributed by atoms with Crippen LogP contribution in [0.4, 0.5) is 0 Å². The van der Waals surface area contributed by atoms with Crippen molar-refractivity contribution in [1.82, 2.24) is 4.57 Å². The molecule has 70 valence electrons. The first-order valence-corrected chi connectivity index (χ1v) is 3.97. The van der Waals surface area contributed by atoms with Crippen LogP contribution in [0.25, 0.3) is 0 Å². The number of hydrogen-bond donors (Lipinski definition) is 0. The molecule has 0 aromatic carbocycles. The van der Waals surface area contributed by atoms with Crippen molar-refractivity contribution in [3.05, 3.63) is 24.0 Å². The Bertz CT molecular complexity index is 304. The molecule has 1 heterocycles. The molecule has 0 amide bonds. The van der Waals surface area contributed by atoms with Crippen molar-refractivity contribution in [1.29, 1.82) is 0 Å². The number of ether oxygens (including phenoxy) is 1. The zero-order chi connectivity index (χ0) is 9.68. The third kappa shape index (κ3) is 2.74. The van der Waals surface area contributed by atoms with E-state index in [1.54, 1.807) is 22.9 Å². The first-order valence-electron chi connectivity index (χ1n) is 3.97. The molecule has 1 rings (SSSR count). The van der Waals surface area contributed by atoms with Gasteiger partial charge in [-0.25, -0.2) is 0 Å². The fraction of sp³-hybridized carbons (Fsp3) is 0.333. The van der Waals surface area contributed by atoms with Gasteiger partial charge in [-0.1, -0.05) is 0 Å². The molecule has 0 aliphatic heterocycles. The second-order valence-electron chi connectivity index (χ2n) is 2.58. The quantitative estimate of drug-likeness (QED) is 0.511. The summed E-state index contributed by atoms with van der Waals surface area (Å²) >= 11 is 0. The lowest BCUT2D eigenvalue weighted by atomic mass is 10.5. The van der Waals surface area contributed by atoms with Gasteiger partial charge in [0.1, 0.15) is 6.61 Å². The molecule has 4 nitrogen and oxygen atoms in total. The minimum absolute atomic E-state index is 0.296. The van der Waals surface area contributed by atoms with E-state index in [1.165, 1.54) is 6.92 Å². The Hall–Kier alpha value is -1.58. The van der Waals surface area contributed by atoms with Crippen LogP contribution in [0.3, 0.4) is 0 Å². The normalized spacial score (nSPS) is 9.62. The summed E-state index contributed by atoms with van der Waals surface area (Å²) in [6.45, 7) is 2.17. The van der Waals surface area contributed by atoms with Crippen molar-refractivity contribution in [2.75, 3.05) is 6.61 Å². The van der Waals surface area contributed by atoms with E-state index in [0.29, 0.717) is 18.8 Å². The Labute approximate surface area is 76.1 Å². The van der Waals surface area contributed by atoms with E-state index in [-0.39, 0.29) is 5.97 Å². The van der Waals surface area contributed by atoms with E-state index in [0.717, 1.165) is 6.29 Å². The van der Waals surface area contributed by atoms with E-state index in [9.17, 15) is 9.59 Å². The first-order chi connectivity index (χ1) is 6.24. The molecule has 0 atom stereocenters. The molecule has 4 heteroatoms. The number of hydrogen-bond acceptors (Lipinski definition) is 3. The fourth-order valence-corrected chi connectivity index (χ4v) is 1.03. The molecule has 1 aromatic heterocycles. The minimum Gasteiger partial charge on any atom is -0.464 e. The predicted octanol–water partition coefficient (Wildman–Crippen LogP) is 0.864. The van der Waals surface area contributed by atoms with Gasteiger partial charge in [0.15, 0.2) is 6.29 Å². The van der Waals surface area contributed by atoms with Crippen molar-refractivity contribution in [3.63, 3.8) is 0 Å². The molecule has 0 unspecified atom stereocenters. The van der Waals surface area contributed by atoms with E-state index in [4.69, 9.17) is 4.74 Å². The summed E-state index contributed by atoms with van der Waals surface area (Å²) in [5.74, 6) is -0.306. The van der Waals surface area contributed by atoms with E-state index >= 15 is 0 Å². The number of esters is 1. The maximum Gasteiger partial charge on any atom is 0.302 e. The highest BCUT2D eigenvalue weighted by atomic mass is 16.5. The molecule has 0 N–H and O–H groups in total. The van der Waals surface area contributed by atoms with E-state index in [2.05, 4.69) is 0 Å². The molecule has 0 aliphatic carbocycles. The molecule has 13 heavy (non-hydrogen) atoms. The standard InChI is InChI=1S/C9H11NO3/c1-8(12)13-6-5-10-4-2-3-9(10)7-11/h2-4,7H,5-6H2,1H3. The van der Waals surface area contributed by atoms with Crippen LogP contribution in [0.2, 0.25) is 0 Å². The van der Waals surface area contributed by atoms with E-state index in [1.807, 2.05) is 0 Å². The largest absolute Gasteiger partial charge is 0.464 e. The zero-order valence-electron chi connectivity index (χ0n) is 7.40. The summed E-state index contributed by atoms with van der Waals surface area (Å²) in [5.41, 5.74) is 0.590. The molecule has 0 aliphatic rings. The lowest BCUT2D eigenvalue weighted by Crippen LogP contribution is -2.09. The van der Waals surface area contributed by atoms with Crippen molar-refractivity contribution >= 4 is 12.3 Å². The first kappa shape index (κ1) is 9.51. The number of rotatable bonds is 4. The van der Waals surface area contributed by atoms with Crippen molar-refractivity contribution in [3.8, 4) is 0 Å². The minimum atomic E-state index is -0.306. The van der Waals surface area contributed by atoms with Gasteiger partial charge in [-0.3, -0.25) is 9.59 Å². The van der Waals surface area contributed by atoms with Crippen LogP contribution >= 0.6 is 0 Å². The summed E-state index contributed by atoms with van der Waals surface area (Å²) in [7, 11) is 0. The van der Waals surface area contributed by atoms with Gasteiger partial charge < -0.3 is 9.30 Å². The average molecular weight is 181 g/mol. The Kier molecular flexibility index (Phi) is 3.25. The van der Waals surface area contributed by atoms with E-state index < -0.39 is 0 Å². The SMILES string of the molecule is CC(=O)OCCn1cccc1C=O. The maximum atomic E-state index is 10.5. The molecule has 0 radical (unpaired) electrons. The molecule has 0 bridgehead atoms. The summed E-state index contributed by atoms with van der Waals surface area (Å²) < 4.78 is 6.47. The highest BCUT2D eigenvalue weighted by molar-refractivity contribution is 5.72. The molecular formula is C9H11NO3. The van der Waals surface area contributed by atoms with Crippen LogP contribution in [0.1, 0.15) is 17.4 Å². The molecule has 0 spiro atoms. The second kappa shape index (κ2) is 4.45. The van der Waals surface area contributed by atoms with Crippen LogP contribution in [-0.4, -0.2) is 23.4 Å². The van der Waals surface area contributed by atoms with Gasteiger partial charge in [0.25, 0.3) is 0 Å². The van der Waals surface area contributed by atoms with Crippen LogP contribution in [0, 0.1) is 0 Å². The van der Waals surface area contributed by atoms with Gasteiger partial charge in [-0.2, -0.15) is 0 Å². The number of carbonyl (C=O) groups excluding carboxylic acids is 2. The van der Waals surface area contributed by atoms with Gasteiger partial charge >= 0.3 is 5.97 Å². The van der Waals surface area contributed by atoms with Crippen molar-refractivity contribution in [2.45, 2.75) is 13.5 Å². The van der Waals surface area contributed by atoms with Gasteiger partial charge in [-0.15, -0.1) is 0 Å². The summed E-state index contributed by atoms with van der Waals surface area (Å²) in [6.07, 6.45) is 2.54. The highest BCUT2D eigenvalue weighted by Crippen LogP contribution is 1.98. The summed E-state index contributed by atoms with van der Waals surface area (Å²) in [5, 5.41) is 0.